The molecule has 5 heteroatoms. The molecule has 0 amide bonds. The molecule has 0 radical (unpaired) electrons. The van der Waals surface area contributed by atoms with E-state index >= 15 is 0 Å². The summed E-state index contributed by atoms with van der Waals surface area (Å²) in [6.07, 6.45) is 0. The molecule has 0 fully saturated rings. The van der Waals surface area contributed by atoms with E-state index in [0.29, 0.717) is 17.3 Å². The fourth-order valence-corrected chi connectivity index (χ4v) is 3.73. The second-order valence-corrected chi connectivity index (χ2v) is 7.95. The largest absolute Gasteiger partial charge is 0.491 e. The van der Waals surface area contributed by atoms with Crippen molar-refractivity contribution in [2.75, 3.05) is 6.61 Å². The molecule has 3 aromatic carbocycles. The van der Waals surface area contributed by atoms with Gasteiger partial charge in [0.2, 0.25) is 0 Å². The molecule has 0 aliphatic heterocycles. The smallest absolute Gasteiger partial charge is 0.127 e. The highest BCUT2D eigenvalue weighted by molar-refractivity contribution is 7.83. The van der Waals surface area contributed by atoms with E-state index in [0.717, 1.165) is 22.6 Å². The van der Waals surface area contributed by atoms with Gasteiger partial charge < -0.3 is 9.47 Å². The SMILES string of the molecule is Cc1cccc(C)c1OCC(C)NS(=O)c1ccc(Oc2ccccc2)cc1. The average Bonchev–Trinajstić information content (AvgIpc) is 2.69. The van der Waals surface area contributed by atoms with E-state index in [1.807, 2.05) is 81.4 Å². The van der Waals surface area contributed by atoms with E-state index < -0.39 is 11.0 Å². The van der Waals surface area contributed by atoms with Crippen molar-refractivity contribution in [1.82, 2.24) is 4.72 Å². The van der Waals surface area contributed by atoms with Crippen LogP contribution in [0, 0.1) is 13.8 Å². The van der Waals surface area contributed by atoms with Gasteiger partial charge in [-0.1, -0.05) is 36.4 Å². The quantitative estimate of drug-likeness (QED) is 0.572. The highest BCUT2D eigenvalue weighted by Gasteiger charge is 2.11. The zero-order valence-corrected chi connectivity index (χ0v) is 17.2. The number of benzene rings is 3. The first kappa shape index (κ1) is 20.1. The summed E-state index contributed by atoms with van der Waals surface area (Å²) in [6.45, 7) is 6.44. The van der Waals surface area contributed by atoms with Gasteiger partial charge in [0.1, 0.15) is 34.8 Å². The Balaban J connectivity index is 1.54. The van der Waals surface area contributed by atoms with Crippen LogP contribution >= 0.6 is 0 Å². The minimum absolute atomic E-state index is 0.0694. The number of ether oxygens (including phenoxy) is 2. The Morgan fingerprint density at radius 1 is 0.857 bits per heavy atom. The third-order valence-electron chi connectivity index (χ3n) is 4.21. The van der Waals surface area contributed by atoms with E-state index in [-0.39, 0.29) is 6.04 Å². The Kier molecular flexibility index (Phi) is 6.85. The molecule has 3 rings (SSSR count). The Morgan fingerprint density at radius 2 is 1.46 bits per heavy atom. The molecule has 1 N–H and O–H groups in total. The molecule has 2 unspecified atom stereocenters. The van der Waals surface area contributed by atoms with Crippen molar-refractivity contribution < 1.29 is 13.7 Å². The summed E-state index contributed by atoms with van der Waals surface area (Å²) in [5.41, 5.74) is 2.20. The summed E-state index contributed by atoms with van der Waals surface area (Å²) >= 11 is 0. The predicted octanol–water partition coefficient (Wildman–Crippen LogP) is 5.18. The lowest BCUT2D eigenvalue weighted by molar-refractivity contribution is 0.285. The maximum absolute atomic E-state index is 12.6. The van der Waals surface area contributed by atoms with E-state index in [2.05, 4.69) is 4.72 Å². The molecule has 28 heavy (non-hydrogen) atoms. The van der Waals surface area contributed by atoms with Gasteiger partial charge in [-0.3, -0.25) is 0 Å². The molecular weight excluding hydrogens is 370 g/mol. The number of nitrogens with one attached hydrogen (secondary N) is 1. The first-order chi connectivity index (χ1) is 13.5. The summed E-state index contributed by atoms with van der Waals surface area (Å²) in [7, 11) is -1.32. The molecular formula is C23H25NO3S. The molecule has 0 heterocycles. The van der Waals surface area contributed by atoms with Crippen LogP contribution in [-0.2, 0) is 11.0 Å². The third kappa shape index (κ3) is 5.44. The van der Waals surface area contributed by atoms with Gasteiger partial charge in [-0.05, 0) is 68.3 Å². The Morgan fingerprint density at radius 3 is 2.11 bits per heavy atom. The fraction of sp³-hybridized carbons (Fsp3) is 0.217. The van der Waals surface area contributed by atoms with Crippen LogP contribution in [-0.4, -0.2) is 16.9 Å². The van der Waals surface area contributed by atoms with Crippen LogP contribution in [0.15, 0.2) is 77.7 Å². The van der Waals surface area contributed by atoms with Gasteiger partial charge in [-0.2, -0.15) is 0 Å². The Labute approximate surface area is 169 Å². The van der Waals surface area contributed by atoms with Crippen molar-refractivity contribution >= 4 is 11.0 Å². The maximum Gasteiger partial charge on any atom is 0.127 e. The molecule has 0 spiro atoms. The van der Waals surface area contributed by atoms with Crippen LogP contribution in [0.2, 0.25) is 0 Å². The minimum atomic E-state index is -1.32. The number of rotatable bonds is 8. The number of hydrogen-bond acceptors (Lipinski definition) is 3. The minimum Gasteiger partial charge on any atom is -0.491 e. The molecule has 146 valence electrons. The number of para-hydroxylation sites is 2. The van der Waals surface area contributed by atoms with Gasteiger partial charge in [0.15, 0.2) is 0 Å². The lowest BCUT2D eigenvalue weighted by atomic mass is 10.1. The molecule has 3 aromatic rings. The number of aryl methyl sites for hydroxylation is 2. The van der Waals surface area contributed by atoms with Crippen molar-refractivity contribution in [3.05, 3.63) is 83.9 Å². The van der Waals surface area contributed by atoms with Gasteiger partial charge in [-0.25, -0.2) is 8.93 Å². The molecule has 4 nitrogen and oxygen atoms in total. The Bertz CT molecular complexity index is 906. The summed E-state index contributed by atoms with van der Waals surface area (Å²) < 4.78 is 27.4. The maximum atomic E-state index is 12.6. The fourth-order valence-electron chi connectivity index (χ4n) is 2.78. The van der Waals surface area contributed by atoms with Crippen LogP contribution in [0.4, 0.5) is 0 Å². The molecule has 0 bridgehead atoms. The standard InChI is InChI=1S/C23H25NO3S/c1-17-8-7-9-18(2)23(17)26-16-19(3)24-28(25)22-14-12-21(13-15-22)27-20-10-5-4-6-11-20/h4-15,19,24H,16H2,1-3H3. The summed E-state index contributed by atoms with van der Waals surface area (Å²) in [4.78, 5) is 0.694. The van der Waals surface area contributed by atoms with Crippen LogP contribution in [0.5, 0.6) is 17.2 Å². The molecule has 0 saturated carbocycles. The molecule has 2 atom stereocenters. The van der Waals surface area contributed by atoms with Crippen LogP contribution < -0.4 is 14.2 Å². The molecule has 0 aliphatic carbocycles. The molecule has 0 aliphatic rings. The second kappa shape index (κ2) is 9.53. The monoisotopic (exact) mass is 395 g/mol. The third-order valence-corrected chi connectivity index (χ3v) is 5.53. The van der Waals surface area contributed by atoms with Crippen molar-refractivity contribution in [2.45, 2.75) is 31.7 Å². The first-order valence-corrected chi connectivity index (χ1v) is 10.4. The molecule has 0 aromatic heterocycles. The normalized spacial score (nSPS) is 13.0. The van der Waals surface area contributed by atoms with Crippen molar-refractivity contribution in [1.29, 1.82) is 0 Å². The van der Waals surface area contributed by atoms with E-state index in [4.69, 9.17) is 9.47 Å². The van der Waals surface area contributed by atoms with Crippen LogP contribution in [0.25, 0.3) is 0 Å². The summed E-state index contributed by atoms with van der Waals surface area (Å²) in [6, 6.07) is 22.8. The topological polar surface area (TPSA) is 47.6 Å². The van der Waals surface area contributed by atoms with Gasteiger partial charge in [-0.15, -0.1) is 0 Å². The van der Waals surface area contributed by atoms with Gasteiger partial charge in [0.05, 0.1) is 10.9 Å². The zero-order valence-electron chi connectivity index (χ0n) is 16.3. The highest BCUT2D eigenvalue weighted by atomic mass is 32.2. The lowest BCUT2D eigenvalue weighted by Crippen LogP contribution is -2.33. The zero-order chi connectivity index (χ0) is 19.9. The lowest BCUT2D eigenvalue weighted by Gasteiger charge is -2.17. The van der Waals surface area contributed by atoms with Crippen LogP contribution in [0.1, 0.15) is 18.1 Å². The van der Waals surface area contributed by atoms with Gasteiger partial charge in [0.25, 0.3) is 0 Å². The van der Waals surface area contributed by atoms with Crippen molar-refractivity contribution in [3.63, 3.8) is 0 Å². The van der Waals surface area contributed by atoms with Crippen molar-refractivity contribution in [2.24, 2.45) is 0 Å². The molecule has 0 saturated heterocycles. The summed E-state index contributed by atoms with van der Waals surface area (Å²) in [5.74, 6) is 2.37. The van der Waals surface area contributed by atoms with Crippen molar-refractivity contribution in [3.8, 4) is 17.2 Å². The van der Waals surface area contributed by atoms with Gasteiger partial charge >= 0.3 is 0 Å². The van der Waals surface area contributed by atoms with E-state index in [9.17, 15) is 4.21 Å². The number of hydrogen-bond donors (Lipinski definition) is 1. The Hall–Kier alpha value is -2.63. The second-order valence-electron chi connectivity index (χ2n) is 6.71. The summed E-state index contributed by atoms with van der Waals surface area (Å²) in [5, 5.41) is 0. The van der Waals surface area contributed by atoms with E-state index in [1.54, 1.807) is 12.1 Å². The van der Waals surface area contributed by atoms with E-state index in [1.165, 1.54) is 0 Å². The first-order valence-electron chi connectivity index (χ1n) is 9.23. The van der Waals surface area contributed by atoms with Crippen LogP contribution in [0.3, 0.4) is 0 Å². The predicted molar refractivity (Wildman–Crippen MR) is 113 cm³/mol. The highest BCUT2D eigenvalue weighted by Crippen LogP contribution is 2.23. The van der Waals surface area contributed by atoms with Gasteiger partial charge in [0, 0.05) is 0 Å². The average molecular weight is 396 g/mol.